The van der Waals surface area contributed by atoms with Gasteiger partial charge in [-0.25, -0.2) is 9.07 Å². The van der Waals surface area contributed by atoms with Crippen LogP contribution in [-0.4, -0.2) is 29.0 Å². The Morgan fingerprint density at radius 2 is 1.74 bits per heavy atom. The van der Waals surface area contributed by atoms with E-state index in [1.165, 1.54) is 18.5 Å². The molecule has 9 heteroatoms. The predicted octanol–water partition coefficient (Wildman–Crippen LogP) is 5.76. The number of ether oxygens (including phenoxy) is 3. The Morgan fingerprint density at radius 1 is 0.971 bits per heavy atom. The number of hydrogen-bond donors (Lipinski definition) is 1. The van der Waals surface area contributed by atoms with Crippen LogP contribution < -0.4 is 19.5 Å². The average molecular weight is 535 g/mol. The smallest absolute Gasteiger partial charge is 0.226 e. The van der Waals surface area contributed by atoms with E-state index in [1.807, 2.05) is 47.1 Å². The molecule has 0 amide bonds. The summed E-state index contributed by atoms with van der Waals surface area (Å²) in [7, 11) is 3.20. The van der Waals surface area contributed by atoms with Gasteiger partial charge < -0.3 is 19.5 Å². The first-order valence-electron chi connectivity index (χ1n) is 10.9. The summed E-state index contributed by atoms with van der Waals surface area (Å²) in [5.74, 6) is 2.00. The molecule has 6 rings (SSSR count). The summed E-state index contributed by atoms with van der Waals surface area (Å²) >= 11 is 3.52. The van der Waals surface area contributed by atoms with Crippen molar-refractivity contribution in [2.45, 2.75) is 12.1 Å². The standard InChI is InChI=1S/C26H20BrFN4O3/c1-33-20-9-5-15(11-21(20)34-2)25-22-23(18-12-17(28)8-10-19(18)35-25)31-26-29-13-30-32(26)24(22)14-3-6-16(27)7-4-14/h3-13,24-25H,1-2H3,(H,29,30,31)/t24-,25+/m1/s1. The van der Waals surface area contributed by atoms with E-state index in [0.717, 1.165) is 26.9 Å². The van der Waals surface area contributed by atoms with E-state index < -0.39 is 6.10 Å². The van der Waals surface area contributed by atoms with E-state index in [9.17, 15) is 4.39 Å². The van der Waals surface area contributed by atoms with Crippen molar-refractivity contribution in [1.82, 2.24) is 14.8 Å². The molecule has 0 bridgehead atoms. The van der Waals surface area contributed by atoms with Gasteiger partial charge >= 0.3 is 0 Å². The topological polar surface area (TPSA) is 70.4 Å². The first kappa shape index (κ1) is 21.7. The third-order valence-corrected chi connectivity index (χ3v) is 6.80. The number of aromatic nitrogens is 3. The van der Waals surface area contributed by atoms with E-state index >= 15 is 0 Å². The summed E-state index contributed by atoms with van der Waals surface area (Å²) in [6.45, 7) is 0. The maximum Gasteiger partial charge on any atom is 0.226 e. The zero-order valence-corrected chi connectivity index (χ0v) is 20.4. The minimum absolute atomic E-state index is 0.341. The van der Waals surface area contributed by atoms with Gasteiger partial charge in [0.15, 0.2) is 11.5 Å². The summed E-state index contributed by atoms with van der Waals surface area (Å²) in [6, 6.07) is 17.9. The highest BCUT2D eigenvalue weighted by Gasteiger charge is 2.41. The van der Waals surface area contributed by atoms with Gasteiger partial charge in [0.2, 0.25) is 5.95 Å². The first-order valence-corrected chi connectivity index (χ1v) is 11.7. The van der Waals surface area contributed by atoms with Crippen LogP contribution in [0.15, 0.2) is 77.0 Å². The maximum absolute atomic E-state index is 14.4. The van der Waals surface area contributed by atoms with Crippen LogP contribution in [0.2, 0.25) is 0 Å². The Labute approximate surface area is 209 Å². The van der Waals surface area contributed by atoms with Gasteiger partial charge in [0, 0.05) is 21.2 Å². The average Bonchev–Trinajstić information content (AvgIpc) is 3.35. The van der Waals surface area contributed by atoms with Crippen LogP contribution >= 0.6 is 15.9 Å². The molecule has 0 saturated heterocycles. The lowest BCUT2D eigenvalue weighted by Crippen LogP contribution is -2.32. The number of nitrogens with one attached hydrogen (secondary N) is 1. The highest BCUT2D eigenvalue weighted by molar-refractivity contribution is 9.10. The molecule has 0 fully saturated rings. The quantitative estimate of drug-likeness (QED) is 0.359. The Hall–Kier alpha value is -3.85. The zero-order chi connectivity index (χ0) is 24.1. The molecule has 0 spiro atoms. The molecule has 0 aliphatic carbocycles. The second-order valence-corrected chi connectivity index (χ2v) is 9.11. The minimum Gasteiger partial charge on any atom is -0.493 e. The molecule has 2 aliphatic heterocycles. The molecule has 176 valence electrons. The highest BCUT2D eigenvalue weighted by atomic mass is 79.9. The molecule has 0 saturated carbocycles. The van der Waals surface area contributed by atoms with Crippen molar-refractivity contribution in [2.24, 2.45) is 0 Å². The van der Waals surface area contributed by atoms with Crippen molar-refractivity contribution in [2.75, 3.05) is 19.5 Å². The molecule has 0 unspecified atom stereocenters. The van der Waals surface area contributed by atoms with Crippen LogP contribution in [0, 0.1) is 5.82 Å². The van der Waals surface area contributed by atoms with E-state index in [1.54, 1.807) is 20.3 Å². The lowest BCUT2D eigenvalue weighted by atomic mass is 9.84. The largest absolute Gasteiger partial charge is 0.493 e. The fraction of sp³-hybridized carbons (Fsp3) is 0.154. The third kappa shape index (κ3) is 3.54. The predicted molar refractivity (Wildman–Crippen MR) is 132 cm³/mol. The van der Waals surface area contributed by atoms with Crippen molar-refractivity contribution in [3.63, 3.8) is 0 Å². The molecule has 2 atom stereocenters. The van der Waals surface area contributed by atoms with Gasteiger partial charge in [0.05, 0.1) is 19.9 Å². The molecule has 4 aromatic rings. The monoisotopic (exact) mass is 534 g/mol. The van der Waals surface area contributed by atoms with E-state index in [0.29, 0.717) is 28.8 Å². The Bertz CT molecular complexity index is 1470. The summed E-state index contributed by atoms with van der Waals surface area (Å²) in [4.78, 5) is 4.41. The number of rotatable bonds is 4. The molecule has 1 N–H and O–H groups in total. The minimum atomic E-state index is -0.513. The van der Waals surface area contributed by atoms with Gasteiger partial charge in [-0.05, 0) is 48.0 Å². The number of benzene rings is 3. The van der Waals surface area contributed by atoms with Crippen LogP contribution in [0.3, 0.4) is 0 Å². The lowest BCUT2D eigenvalue weighted by molar-refractivity contribution is 0.222. The Morgan fingerprint density at radius 3 is 2.51 bits per heavy atom. The summed E-state index contributed by atoms with van der Waals surface area (Å²) in [5.41, 5.74) is 4.11. The SMILES string of the molecule is COc1ccc([C@@H]2Oc3ccc(F)cc3C3=C2[C@@H](c2ccc(Br)cc2)n2ncnc2N3)cc1OC. The molecular formula is C26H20BrFN4O3. The maximum atomic E-state index is 14.4. The summed E-state index contributed by atoms with van der Waals surface area (Å²) in [5, 5.41) is 7.90. The van der Waals surface area contributed by atoms with Crippen molar-refractivity contribution in [1.29, 1.82) is 0 Å². The number of halogens is 2. The molecule has 35 heavy (non-hydrogen) atoms. The van der Waals surface area contributed by atoms with Crippen LogP contribution in [0.5, 0.6) is 17.2 Å². The second kappa shape index (κ2) is 8.42. The normalized spacial score (nSPS) is 18.1. The number of methoxy groups -OCH3 is 2. The number of fused-ring (bicyclic) bond motifs is 3. The van der Waals surface area contributed by atoms with E-state index in [-0.39, 0.29) is 11.9 Å². The van der Waals surface area contributed by atoms with Gasteiger partial charge in [-0.1, -0.05) is 34.1 Å². The van der Waals surface area contributed by atoms with Crippen molar-refractivity contribution in [3.8, 4) is 17.2 Å². The molecule has 7 nitrogen and oxygen atoms in total. The number of anilines is 1. The van der Waals surface area contributed by atoms with Gasteiger partial charge in [0.25, 0.3) is 0 Å². The Balaban J connectivity index is 1.61. The fourth-order valence-corrected chi connectivity index (χ4v) is 4.96. The summed E-state index contributed by atoms with van der Waals surface area (Å²) in [6.07, 6.45) is 0.993. The van der Waals surface area contributed by atoms with Gasteiger partial charge in [-0.15, -0.1) is 0 Å². The van der Waals surface area contributed by atoms with Crippen LogP contribution in [0.4, 0.5) is 10.3 Å². The summed E-state index contributed by atoms with van der Waals surface area (Å²) < 4.78 is 34.7. The van der Waals surface area contributed by atoms with Crippen LogP contribution in [0.1, 0.15) is 28.8 Å². The zero-order valence-electron chi connectivity index (χ0n) is 18.8. The molecule has 0 radical (unpaired) electrons. The molecule has 3 heterocycles. The van der Waals surface area contributed by atoms with Crippen molar-refractivity contribution in [3.05, 3.63) is 99.5 Å². The van der Waals surface area contributed by atoms with Gasteiger partial charge in [-0.2, -0.15) is 10.1 Å². The molecule has 3 aromatic carbocycles. The van der Waals surface area contributed by atoms with Gasteiger partial charge in [-0.3, -0.25) is 0 Å². The van der Waals surface area contributed by atoms with Crippen LogP contribution in [0.25, 0.3) is 5.70 Å². The molecule has 2 aliphatic rings. The van der Waals surface area contributed by atoms with E-state index in [4.69, 9.17) is 14.2 Å². The number of hydrogen-bond acceptors (Lipinski definition) is 6. The fourth-order valence-electron chi connectivity index (χ4n) is 4.70. The van der Waals surface area contributed by atoms with Gasteiger partial charge in [0.1, 0.15) is 30.0 Å². The van der Waals surface area contributed by atoms with Crippen LogP contribution in [-0.2, 0) is 0 Å². The van der Waals surface area contributed by atoms with Crippen molar-refractivity contribution < 1.29 is 18.6 Å². The Kier molecular flexibility index (Phi) is 5.21. The van der Waals surface area contributed by atoms with Crippen molar-refractivity contribution >= 4 is 27.6 Å². The lowest BCUT2D eigenvalue weighted by Gasteiger charge is -2.39. The first-order chi connectivity index (χ1) is 17.1. The molecule has 1 aromatic heterocycles. The second-order valence-electron chi connectivity index (χ2n) is 8.19. The number of nitrogens with zero attached hydrogens (tertiary/aromatic N) is 3. The third-order valence-electron chi connectivity index (χ3n) is 6.27. The highest BCUT2D eigenvalue weighted by Crippen LogP contribution is 2.51. The van der Waals surface area contributed by atoms with E-state index in [2.05, 4.69) is 31.3 Å². The molecular weight excluding hydrogens is 515 g/mol.